The zero-order chi connectivity index (χ0) is 10.6. The van der Waals surface area contributed by atoms with Gasteiger partial charge in [-0.05, 0) is 19.4 Å². The third-order valence-corrected chi connectivity index (χ3v) is 3.90. The first-order chi connectivity index (χ1) is 6.69. The van der Waals surface area contributed by atoms with Crippen LogP contribution in [0.5, 0.6) is 0 Å². The van der Waals surface area contributed by atoms with Crippen LogP contribution in [0.2, 0.25) is 0 Å². The van der Waals surface area contributed by atoms with E-state index in [0.29, 0.717) is 0 Å². The van der Waals surface area contributed by atoms with Crippen LogP contribution in [0.1, 0.15) is 34.1 Å². The van der Waals surface area contributed by atoms with Gasteiger partial charge in [-0.2, -0.15) is 0 Å². The quantitative estimate of drug-likeness (QED) is 0.682. The highest BCUT2D eigenvalue weighted by molar-refractivity contribution is 4.78. The van der Waals surface area contributed by atoms with E-state index in [-0.39, 0.29) is 0 Å². The zero-order valence-corrected chi connectivity index (χ0v) is 10.3. The summed E-state index contributed by atoms with van der Waals surface area (Å²) < 4.78 is 0. The lowest BCUT2D eigenvalue weighted by Crippen LogP contribution is -2.50. The molecule has 1 saturated heterocycles. The van der Waals surface area contributed by atoms with Crippen LogP contribution in [0.15, 0.2) is 0 Å². The predicted octanol–water partition coefficient (Wildman–Crippen LogP) is 2.06. The van der Waals surface area contributed by atoms with Gasteiger partial charge in [0.05, 0.1) is 0 Å². The summed E-state index contributed by atoms with van der Waals surface area (Å²) in [6.07, 6.45) is 1.30. The minimum Gasteiger partial charge on any atom is -0.301 e. The van der Waals surface area contributed by atoms with Gasteiger partial charge in [0.1, 0.15) is 0 Å². The summed E-state index contributed by atoms with van der Waals surface area (Å²) in [4.78, 5) is 5.19. The number of hydrogen-bond acceptors (Lipinski definition) is 2. The highest BCUT2D eigenvalue weighted by atomic mass is 15.3. The lowest BCUT2D eigenvalue weighted by atomic mass is 9.99. The number of nitrogens with zero attached hydrogens (tertiary/aromatic N) is 2. The second-order valence-electron chi connectivity index (χ2n) is 4.60. The van der Waals surface area contributed by atoms with Crippen LogP contribution < -0.4 is 0 Å². The number of hydrogen-bond donors (Lipinski definition) is 0. The van der Waals surface area contributed by atoms with Crippen molar-refractivity contribution < 1.29 is 0 Å². The lowest BCUT2D eigenvalue weighted by molar-refractivity contribution is 0.0826. The summed E-state index contributed by atoms with van der Waals surface area (Å²) in [5.74, 6) is 0.836. The number of likely N-dealkylation sites (N-methyl/N-ethyl adjacent to an activating group) is 1. The van der Waals surface area contributed by atoms with E-state index in [0.717, 1.165) is 12.0 Å². The average molecular weight is 198 g/mol. The summed E-state index contributed by atoms with van der Waals surface area (Å²) in [6.45, 7) is 15.6. The fourth-order valence-electron chi connectivity index (χ4n) is 2.19. The van der Waals surface area contributed by atoms with Gasteiger partial charge in [-0.15, -0.1) is 0 Å². The zero-order valence-electron chi connectivity index (χ0n) is 10.3. The third-order valence-electron chi connectivity index (χ3n) is 3.90. The van der Waals surface area contributed by atoms with Crippen LogP contribution >= 0.6 is 0 Å². The smallest absolute Gasteiger partial charge is 0.0113 e. The minimum absolute atomic E-state index is 0.763. The van der Waals surface area contributed by atoms with Crippen molar-refractivity contribution in [3.05, 3.63) is 0 Å². The predicted molar refractivity (Wildman–Crippen MR) is 62.6 cm³/mol. The van der Waals surface area contributed by atoms with Gasteiger partial charge in [0.25, 0.3) is 0 Å². The fraction of sp³-hybridized carbons (Fsp3) is 1.00. The van der Waals surface area contributed by atoms with Gasteiger partial charge < -0.3 is 4.90 Å². The van der Waals surface area contributed by atoms with Crippen molar-refractivity contribution in [2.75, 3.05) is 32.7 Å². The van der Waals surface area contributed by atoms with Crippen molar-refractivity contribution in [3.8, 4) is 0 Å². The number of piperazine rings is 1. The SMILES string of the molecule is CCC(C)C(C)N1CCN(CC)CC1. The van der Waals surface area contributed by atoms with Crippen molar-refractivity contribution in [2.45, 2.75) is 40.2 Å². The number of rotatable bonds is 4. The van der Waals surface area contributed by atoms with E-state index in [2.05, 4.69) is 37.5 Å². The van der Waals surface area contributed by atoms with Gasteiger partial charge >= 0.3 is 0 Å². The van der Waals surface area contributed by atoms with E-state index in [4.69, 9.17) is 0 Å². The molecule has 0 amide bonds. The molecule has 0 bridgehead atoms. The molecule has 1 rings (SSSR count). The molecule has 0 N–H and O–H groups in total. The molecule has 84 valence electrons. The van der Waals surface area contributed by atoms with Gasteiger partial charge in [-0.1, -0.05) is 27.2 Å². The van der Waals surface area contributed by atoms with Gasteiger partial charge in [0, 0.05) is 32.2 Å². The molecule has 14 heavy (non-hydrogen) atoms. The van der Waals surface area contributed by atoms with E-state index >= 15 is 0 Å². The Morgan fingerprint density at radius 1 is 1.00 bits per heavy atom. The molecule has 1 aliphatic heterocycles. The van der Waals surface area contributed by atoms with Crippen LogP contribution in [0, 0.1) is 5.92 Å². The van der Waals surface area contributed by atoms with Crippen LogP contribution in [-0.2, 0) is 0 Å². The Hall–Kier alpha value is -0.0800. The molecule has 0 saturated carbocycles. The molecular formula is C12H26N2. The maximum atomic E-state index is 2.65. The van der Waals surface area contributed by atoms with Crippen molar-refractivity contribution in [1.82, 2.24) is 9.80 Å². The maximum Gasteiger partial charge on any atom is 0.0113 e. The molecular weight excluding hydrogens is 172 g/mol. The van der Waals surface area contributed by atoms with Gasteiger partial charge in [0.15, 0.2) is 0 Å². The first kappa shape index (κ1) is 12.0. The molecule has 1 aliphatic rings. The van der Waals surface area contributed by atoms with Gasteiger partial charge in [-0.3, -0.25) is 4.90 Å². The first-order valence-electron chi connectivity index (χ1n) is 6.15. The second-order valence-corrected chi connectivity index (χ2v) is 4.60. The van der Waals surface area contributed by atoms with E-state index in [1.807, 2.05) is 0 Å². The van der Waals surface area contributed by atoms with Gasteiger partial charge in [0.2, 0.25) is 0 Å². The Kier molecular flexibility index (Phi) is 4.90. The maximum absolute atomic E-state index is 2.65. The Balaban J connectivity index is 2.33. The summed E-state index contributed by atoms with van der Waals surface area (Å²) >= 11 is 0. The molecule has 1 heterocycles. The Bertz CT molecular complexity index is 150. The Morgan fingerprint density at radius 3 is 2.00 bits per heavy atom. The molecule has 0 aromatic heterocycles. The Morgan fingerprint density at radius 2 is 1.57 bits per heavy atom. The molecule has 1 fully saturated rings. The largest absolute Gasteiger partial charge is 0.301 e. The summed E-state index contributed by atoms with van der Waals surface area (Å²) in [5, 5.41) is 0. The van der Waals surface area contributed by atoms with E-state index in [1.54, 1.807) is 0 Å². The summed E-state index contributed by atoms with van der Waals surface area (Å²) in [6, 6.07) is 0.763. The molecule has 0 spiro atoms. The highest BCUT2D eigenvalue weighted by Crippen LogP contribution is 2.15. The fourth-order valence-corrected chi connectivity index (χ4v) is 2.19. The van der Waals surface area contributed by atoms with Crippen molar-refractivity contribution in [2.24, 2.45) is 5.92 Å². The molecule has 2 atom stereocenters. The van der Waals surface area contributed by atoms with Crippen molar-refractivity contribution >= 4 is 0 Å². The summed E-state index contributed by atoms with van der Waals surface area (Å²) in [5.41, 5.74) is 0. The standard InChI is InChI=1S/C12H26N2/c1-5-11(3)12(4)14-9-7-13(6-2)8-10-14/h11-12H,5-10H2,1-4H3. The normalized spacial score (nSPS) is 24.9. The topological polar surface area (TPSA) is 6.48 Å². The molecule has 2 unspecified atom stereocenters. The highest BCUT2D eigenvalue weighted by Gasteiger charge is 2.22. The molecule has 0 aliphatic carbocycles. The molecule has 0 aromatic carbocycles. The van der Waals surface area contributed by atoms with Crippen LogP contribution in [-0.4, -0.2) is 48.6 Å². The lowest BCUT2D eigenvalue weighted by Gasteiger charge is -2.39. The van der Waals surface area contributed by atoms with Crippen LogP contribution in [0.25, 0.3) is 0 Å². The minimum atomic E-state index is 0.763. The molecule has 0 radical (unpaired) electrons. The monoisotopic (exact) mass is 198 g/mol. The average Bonchev–Trinajstić information content (AvgIpc) is 2.27. The summed E-state index contributed by atoms with van der Waals surface area (Å²) in [7, 11) is 0. The van der Waals surface area contributed by atoms with E-state index < -0.39 is 0 Å². The van der Waals surface area contributed by atoms with E-state index in [1.165, 1.54) is 39.1 Å². The van der Waals surface area contributed by atoms with Gasteiger partial charge in [-0.25, -0.2) is 0 Å². The second kappa shape index (κ2) is 5.72. The third kappa shape index (κ3) is 2.96. The molecule has 2 heteroatoms. The van der Waals surface area contributed by atoms with Crippen molar-refractivity contribution in [1.29, 1.82) is 0 Å². The van der Waals surface area contributed by atoms with E-state index in [9.17, 15) is 0 Å². The molecule has 2 nitrogen and oxygen atoms in total. The van der Waals surface area contributed by atoms with Crippen LogP contribution in [0.3, 0.4) is 0 Å². The van der Waals surface area contributed by atoms with Crippen LogP contribution in [0.4, 0.5) is 0 Å². The first-order valence-corrected chi connectivity index (χ1v) is 6.15. The van der Waals surface area contributed by atoms with Crippen molar-refractivity contribution in [3.63, 3.8) is 0 Å². The Labute approximate surface area is 89.3 Å². The molecule has 0 aromatic rings.